The molecule has 0 bridgehead atoms. The average Bonchev–Trinajstić information content (AvgIpc) is 2.86. The Labute approximate surface area is 118 Å². The van der Waals surface area contributed by atoms with Gasteiger partial charge in [0.1, 0.15) is 5.75 Å². The third kappa shape index (κ3) is 3.64. The fraction of sp³-hybridized carbons (Fsp3) is 0.357. The van der Waals surface area contributed by atoms with Gasteiger partial charge in [0.25, 0.3) is 0 Å². The van der Waals surface area contributed by atoms with Crippen molar-refractivity contribution in [2.75, 3.05) is 5.32 Å². The Morgan fingerprint density at radius 2 is 2.05 bits per heavy atom. The van der Waals surface area contributed by atoms with Crippen LogP contribution in [0.15, 0.2) is 30.5 Å². The van der Waals surface area contributed by atoms with Crippen LogP contribution in [0, 0.1) is 0 Å². The average molecular weight is 280 g/mol. The Balaban J connectivity index is 2.07. The van der Waals surface area contributed by atoms with Gasteiger partial charge in [-0.2, -0.15) is 5.10 Å². The van der Waals surface area contributed by atoms with Crippen molar-refractivity contribution in [3.63, 3.8) is 0 Å². The molecule has 0 saturated carbocycles. The van der Waals surface area contributed by atoms with Crippen LogP contribution in [0.5, 0.6) is 5.75 Å². The number of aromatic amines is 1. The Hall–Kier alpha value is -1.68. The molecule has 1 unspecified atom stereocenters. The number of hydrogen-bond donors (Lipinski definition) is 2. The van der Waals surface area contributed by atoms with E-state index >= 15 is 0 Å². The summed E-state index contributed by atoms with van der Waals surface area (Å²) in [6.07, 6.45) is 1.85. The standard InChI is InChI=1S/C14H18ClN3O/c1-9(2)19-14-5-4-11(8-12(14)15)17-10(3)13-6-7-16-18-13/h4-10,17H,1-3H3,(H,16,18). The number of anilines is 1. The Morgan fingerprint density at radius 1 is 1.26 bits per heavy atom. The van der Waals surface area contributed by atoms with Crippen molar-refractivity contribution in [2.24, 2.45) is 0 Å². The van der Waals surface area contributed by atoms with Crippen LogP contribution in [0.4, 0.5) is 5.69 Å². The third-order valence-corrected chi connectivity index (χ3v) is 2.96. The molecule has 2 N–H and O–H groups in total. The summed E-state index contributed by atoms with van der Waals surface area (Å²) in [7, 11) is 0. The van der Waals surface area contributed by atoms with Crippen molar-refractivity contribution >= 4 is 17.3 Å². The molecule has 0 radical (unpaired) electrons. The molecule has 5 heteroatoms. The van der Waals surface area contributed by atoms with Crippen molar-refractivity contribution in [2.45, 2.75) is 32.9 Å². The van der Waals surface area contributed by atoms with Gasteiger partial charge in [-0.1, -0.05) is 11.6 Å². The molecule has 102 valence electrons. The van der Waals surface area contributed by atoms with E-state index in [0.29, 0.717) is 10.8 Å². The van der Waals surface area contributed by atoms with Crippen LogP contribution >= 0.6 is 11.6 Å². The number of nitrogens with zero attached hydrogens (tertiary/aromatic N) is 1. The molecule has 0 amide bonds. The van der Waals surface area contributed by atoms with Crippen LogP contribution in [0.2, 0.25) is 5.02 Å². The summed E-state index contributed by atoms with van der Waals surface area (Å²) in [5.41, 5.74) is 1.97. The van der Waals surface area contributed by atoms with E-state index in [9.17, 15) is 0 Å². The molecule has 2 rings (SSSR count). The number of halogens is 1. The lowest BCUT2D eigenvalue weighted by atomic mass is 10.2. The first-order valence-electron chi connectivity index (χ1n) is 6.28. The maximum atomic E-state index is 6.20. The maximum absolute atomic E-state index is 6.20. The van der Waals surface area contributed by atoms with Crippen molar-refractivity contribution in [3.8, 4) is 5.75 Å². The van der Waals surface area contributed by atoms with Gasteiger partial charge in [-0.25, -0.2) is 0 Å². The van der Waals surface area contributed by atoms with Crippen molar-refractivity contribution in [1.82, 2.24) is 10.2 Å². The number of nitrogens with one attached hydrogen (secondary N) is 2. The van der Waals surface area contributed by atoms with Gasteiger partial charge in [-0.05, 0) is 45.0 Å². The molecule has 0 saturated heterocycles. The molecule has 0 fully saturated rings. The third-order valence-electron chi connectivity index (χ3n) is 2.67. The van der Waals surface area contributed by atoms with Crippen LogP contribution < -0.4 is 10.1 Å². The fourth-order valence-corrected chi connectivity index (χ4v) is 2.00. The Morgan fingerprint density at radius 3 is 2.63 bits per heavy atom. The highest BCUT2D eigenvalue weighted by molar-refractivity contribution is 6.32. The van der Waals surface area contributed by atoms with E-state index in [1.807, 2.05) is 38.1 Å². The minimum Gasteiger partial charge on any atom is -0.489 e. The van der Waals surface area contributed by atoms with E-state index in [1.54, 1.807) is 6.20 Å². The van der Waals surface area contributed by atoms with Crippen molar-refractivity contribution in [1.29, 1.82) is 0 Å². The lowest BCUT2D eigenvalue weighted by molar-refractivity contribution is 0.242. The summed E-state index contributed by atoms with van der Waals surface area (Å²) in [6.45, 7) is 6.01. The van der Waals surface area contributed by atoms with Gasteiger partial charge in [-0.3, -0.25) is 5.10 Å². The van der Waals surface area contributed by atoms with E-state index in [4.69, 9.17) is 16.3 Å². The lowest BCUT2D eigenvalue weighted by Crippen LogP contribution is -2.08. The van der Waals surface area contributed by atoms with Gasteiger partial charge < -0.3 is 10.1 Å². The van der Waals surface area contributed by atoms with E-state index in [1.165, 1.54) is 0 Å². The Kier molecular flexibility index (Phi) is 4.32. The predicted molar refractivity (Wildman–Crippen MR) is 77.8 cm³/mol. The highest BCUT2D eigenvalue weighted by atomic mass is 35.5. The number of benzene rings is 1. The monoisotopic (exact) mass is 279 g/mol. The van der Waals surface area contributed by atoms with E-state index in [0.717, 1.165) is 11.4 Å². The second-order valence-electron chi connectivity index (χ2n) is 4.69. The molecule has 1 heterocycles. The summed E-state index contributed by atoms with van der Waals surface area (Å²) in [6, 6.07) is 7.78. The zero-order chi connectivity index (χ0) is 13.8. The van der Waals surface area contributed by atoms with Crippen LogP contribution in [-0.4, -0.2) is 16.3 Å². The zero-order valence-corrected chi connectivity index (χ0v) is 12.0. The topological polar surface area (TPSA) is 49.9 Å². The molecule has 4 nitrogen and oxygen atoms in total. The van der Waals surface area contributed by atoms with Crippen molar-refractivity contribution < 1.29 is 4.74 Å². The second kappa shape index (κ2) is 5.97. The first kappa shape index (κ1) is 13.7. The molecule has 0 aliphatic rings. The smallest absolute Gasteiger partial charge is 0.138 e. The molecule has 1 aromatic carbocycles. The van der Waals surface area contributed by atoms with Gasteiger partial charge in [0.15, 0.2) is 0 Å². The summed E-state index contributed by atoms with van der Waals surface area (Å²) < 4.78 is 5.60. The van der Waals surface area contributed by atoms with Crippen molar-refractivity contribution in [3.05, 3.63) is 41.2 Å². The van der Waals surface area contributed by atoms with E-state index in [2.05, 4.69) is 22.4 Å². The van der Waals surface area contributed by atoms with E-state index in [-0.39, 0.29) is 12.1 Å². The highest BCUT2D eigenvalue weighted by Gasteiger charge is 2.09. The summed E-state index contributed by atoms with van der Waals surface area (Å²) in [5, 5.41) is 10.8. The van der Waals surface area contributed by atoms with Gasteiger partial charge in [-0.15, -0.1) is 0 Å². The number of H-pyrrole nitrogens is 1. The molecule has 2 aromatic rings. The quantitative estimate of drug-likeness (QED) is 0.869. The fourth-order valence-electron chi connectivity index (χ4n) is 1.78. The molecular weight excluding hydrogens is 262 g/mol. The SMILES string of the molecule is CC(C)Oc1ccc(NC(C)c2ccn[nH]2)cc1Cl. The highest BCUT2D eigenvalue weighted by Crippen LogP contribution is 2.29. The van der Waals surface area contributed by atoms with Crippen LogP contribution in [0.25, 0.3) is 0 Å². The van der Waals surface area contributed by atoms with E-state index < -0.39 is 0 Å². The number of ether oxygens (including phenoxy) is 1. The first-order chi connectivity index (χ1) is 9.06. The van der Waals surface area contributed by atoms with Crippen LogP contribution in [0.1, 0.15) is 32.5 Å². The van der Waals surface area contributed by atoms with Crippen LogP contribution in [0.3, 0.4) is 0 Å². The molecule has 19 heavy (non-hydrogen) atoms. The molecule has 1 atom stereocenters. The van der Waals surface area contributed by atoms with Gasteiger partial charge in [0, 0.05) is 11.9 Å². The van der Waals surface area contributed by atoms with Gasteiger partial charge >= 0.3 is 0 Å². The normalized spacial score (nSPS) is 12.5. The molecular formula is C14H18ClN3O. The maximum Gasteiger partial charge on any atom is 0.138 e. The second-order valence-corrected chi connectivity index (χ2v) is 5.10. The Bertz CT molecular complexity index is 525. The first-order valence-corrected chi connectivity index (χ1v) is 6.66. The molecule has 0 spiro atoms. The molecule has 0 aliphatic carbocycles. The number of aromatic nitrogens is 2. The zero-order valence-electron chi connectivity index (χ0n) is 11.3. The number of rotatable bonds is 5. The minimum absolute atomic E-state index is 0.111. The molecule has 0 aliphatic heterocycles. The molecule has 1 aromatic heterocycles. The summed E-state index contributed by atoms with van der Waals surface area (Å²) >= 11 is 6.20. The number of hydrogen-bond acceptors (Lipinski definition) is 3. The predicted octanol–water partition coefficient (Wildman–Crippen LogP) is 4.02. The van der Waals surface area contributed by atoms with Crippen LogP contribution in [-0.2, 0) is 0 Å². The minimum atomic E-state index is 0.111. The lowest BCUT2D eigenvalue weighted by Gasteiger charge is -2.16. The van der Waals surface area contributed by atoms with Gasteiger partial charge in [0.05, 0.1) is 22.9 Å². The summed E-state index contributed by atoms with van der Waals surface area (Å²) in [4.78, 5) is 0. The van der Waals surface area contributed by atoms with Gasteiger partial charge in [0.2, 0.25) is 0 Å². The largest absolute Gasteiger partial charge is 0.489 e. The summed E-state index contributed by atoms with van der Waals surface area (Å²) in [5.74, 6) is 0.705.